The summed E-state index contributed by atoms with van der Waals surface area (Å²) in [5.74, 6) is -0.558. The largest absolute Gasteiger partial charge is 0.416 e. The average Bonchev–Trinajstić information content (AvgIpc) is 2.37. The van der Waals surface area contributed by atoms with Crippen molar-refractivity contribution >= 4 is 10.0 Å². The Labute approximate surface area is 121 Å². The number of rotatable bonds is 4. The summed E-state index contributed by atoms with van der Waals surface area (Å²) in [5, 5.41) is 8.69. The maximum Gasteiger partial charge on any atom is 0.416 e. The van der Waals surface area contributed by atoms with Gasteiger partial charge in [-0.05, 0) is 31.5 Å². The Kier molecular flexibility index (Phi) is 5.02. The van der Waals surface area contributed by atoms with Gasteiger partial charge in [0.2, 0.25) is 10.0 Å². The zero-order valence-corrected chi connectivity index (χ0v) is 12.6. The fourth-order valence-corrected chi connectivity index (χ4v) is 3.06. The molecule has 0 heterocycles. The molecule has 1 aromatic carbocycles. The number of hydrogen-bond acceptors (Lipinski definition) is 3. The van der Waals surface area contributed by atoms with Crippen molar-refractivity contribution in [3.63, 3.8) is 0 Å². The maximum atomic E-state index is 12.8. The molecule has 0 bridgehead atoms. The quantitative estimate of drug-likeness (QED) is 0.857. The average molecular weight is 320 g/mol. The van der Waals surface area contributed by atoms with E-state index in [-0.39, 0.29) is 12.1 Å². The highest BCUT2D eigenvalue weighted by Gasteiger charge is 2.34. The van der Waals surface area contributed by atoms with Gasteiger partial charge in [-0.3, -0.25) is 0 Å². The summed E-state index contributed by atoms with van der Waals surface area (Å²) < 4.78 is 63.8. The Balaban J connectivity index is 3.25. The number of nitriles is 1. The van der Waals surface area contributed by atoms with Crippen LogP contribution in [0.25, 0.3) is 0 Å². The Morgan fingerprint density at radius 3 is 2.43 bits per heavy atom. The number of nitrogens with zero attached hydrogens (tertiary/aromatic N) is 2. The van der Waals surface area contributed by atoms with Gasteiger partial charge in [0.25, 0.3) is 0 Å². The Morgan fingerprint density at radius 2 is 1.95 bits per heavy atom. The third-order valence-corrected chi connectivity index (χ3v) is 4.79. The number of benzene rings is 1. The van der Waals surface area contributed by atoms with Gasteiger partial charge in [0.05, 0.1) is 22.4 Å². The molecule has 0 radical (unpaired) electrons. The molecule has 0 aliphatic heterocycles. The van der Waals surface area contributed by atoms with Crippen molar-refractivity contribution < 1.29 is 21.6 Å². The van der Waals surface area contributed by atoms with E-state index in [1.807, 2.05) is 6.07 Å². The van der Waals surface area contributed by atoms with Crippen LogP contribution in [0.1, 0.15) is 18.1 Å². The van der Waals surface area contributed by atoms with Crippen LogP contribution < -0.4 is 0 Å². The number of aryl methyl sites for hydroxylation is 1. The van der Waals surface area contributed by atoms with Gasteiger partial charge in [-0.1, -0.05) is 6.07 Å². The van der Waals surface area contributed by atoms with Gasteiger partial charge < -0.3 is 0 Å². The van der Waals surface area contributed by atoms with E-state index in [0.717, 1.165) is 16.4 Å². The summed E-state index contributed by atoms with van der Waals surface area (Å²) in [6, 6.07) is 4.76. The first-order chi connectivity index (χ1) is 9.50. The van der Waals surface area contributed by atoms with Gasteiger partial charge in [0, 0.05) is 13.6 Å². The highest BCUT2D eigenvalue weighted by molar-refractivity contribution is 7.89. The lowest BCUT2D eigenvalue weighted by molar-refractivity contribution is -0.138. The fraction of sp³-hybridized carbons (Fsp3) is 0.462. The van der Waals surface area contributed by atoms with Crippen molar-refractivity contribution in [3.05, 3.63) is 29.3 Å². The molecule has 116 valence electrons. The van der Waals surface area contributed by atoms with Crippen LogP contribution in [0.4, 0.5) is 13.2 Å². The monoisotopic (exact) mass is 320 g/mol. The molecular weight excluding hydrogens is 305 g/mol. The number of hydrogen-bond donors (Lipinski definition) is 0. The molecule has 0 N–H and O–H groups in total. The molecule has 0 fully saturated rings. The Hall–Kier alpha value is -1.59. The molecule has 0 aliphatic carbocycles. The zero-order chi connectivity index (χ0) is 16.4. The molecule has 0 aliphatic rings. The molecule has 21 heavy (non-hydrogen) atoms. The summed E-state index contributed by atoms with van der Waals surface area (Å²) in [6.07, 6.45) is -4.62. The minimum Gasteiger partial charge on any atom is -0.207 e. The van der Waals surface area contributed by atoms with E-state index in [1.165, 1.54) is 20.9 Å². The minimum atomic E-state index is -4.62. The third-order valence-electron chi connectivity index (χ3n) is 2.97. The van der Waals surface area contributed by atoms with Gasteiger partial charge in [0.1, 0.15) is 0 Å². The van der Waals surface area contributed by atoms with Crippen molar-refractivity contribution in [1.29, 1.82) is 5.26 Å². The smallest absolute Gasteiger partial charge is 0.207 e. The summed E-state index contributed by atoms with van der Waals surface area (Å²) in [7, 11) is -2.83. The lowest BCUT2D eigenvalue weighted by Crippen LogP contribution is -2.31. The molecule has 0 saturated heterocycles. The van der Waals surface area contributed by atoms with Crippen LogP contribution in [0.2, 0.25) is 0 Å². The van der Waals surface area contributed by atoms with E-state index in [0.29, 0.717) is 6.07 Å². The van der Waals surface area contributed by atoms with Crippen LogP contribution in [-0.2, 0) is 16.2 Å². The number of alkyl halides is 3. The van der Waals surface area contributed by atoms with E-state index >= 15 is 0 Å². The lowest BCUT2D eigenvalue weighted by Gasteiger charge is -2.19. The predicted octanol–water partition coefficient (Wildman–Crippen LogP) is 2.79. The van der Waals surface area contributed by atoms with Crippen molar-refractivity contribution in [1.82, 2.24) is 4.31 Å². The molecule has 1 atom stereocenters. The molecule has 0 saturated carbocycles. The van der Waals surface area contributed by atoms with E-state index in [4.69, 9.17) is 5.26 Å². The van der Waals surface area contributed by atoms with Crippen molar-refractivity contribution in [3.8, 4) is 6.07 Å². The Morgan fingerprint density at radius 1 is 1.38 bits per heavy atom. The molecule has 0 spiro atoms. The predicted molar refractivity (Wildman–Crippen MR) is 70.8 cm³/mol. The van der Waals surface area contributed by atoms with E-state index in [1.54, 1.807) is 0 Å². The number of halogens is 3. The minimum absolute atomic E-state index is 0.0468. The molecule has 1 rings (SSSR count). The van der Waals surface area contributed by atoms with Gasteiger partial charge in [-0.2, -0.15) is 22.7 Å². The second kappa shape index (κ2) is 6.03. The lowest BCUT2D eigenvalue weighted by atomic mass is 10.1. The van der Waals surface area contributed by atoms with Gasteiger partial charge in [-0.25, -0.2) is 8.42 Å². The van der Waals surface area contributed by atoms with Crippen LogP contribution in [0.5, 0.6) is 0 Å². The SMILES string of the molecule is Cc1ccc(S(=O)(=O)N(C)CC(C)C#N)cc1C(F)(F)F. The van der Waals surface area contributed by atoms with Crippen LogP contribution in [-0.4, -0.2) is 26.3 Å². The third kappa shape index (κ3) is 3.95. The van der Waals surface area contributed by atoms with Gasteiger partial charge in [0.15, 0.2) is 0 Å². The molecule has 0 amide bonds. The van der Waals surface area contributed by atoms with E-state index in [2.05, 4.69) is 0 Å². The van der Waals surface area contributed by atoms with Crippen molar-refractivity contribution in [2.45, 2.75) is 24.9 Å². The normalized spacial score (nSPS) is 14.0. The topological polar surface area (TPSA) is 61.2 Å². The van der Waals surface area contributed by atoms with E-state index < -0.39 is 32.6 Å². The maximum absolute atomic E-state index is 12.8. The highest BCUT2D eigenvalue weighted by atomic mass is 32.2. The zero-order valence-electron chi connectivity index (χ0n) is 11.8. The molecule has 1 aromatic rings. The van der Waals surface area contributed by atoms with Crippen LogP contribution in [0.15, 0.2) is 23.1 Å². The Bertz CT molecular complexity index is 663. The number of sulfonamides is 1. The highest BCUT2D eigenvalue weighted by Crippen LogP contribution is 2.33. The molecular formula is C13H15F3N2O2S. The van der Waals surface area contributed by atoms with E-state index in [9.17, 15) is 21.6 Å². The first kappa shape index (κ1) is 17.5. The van der Waals surface area contributed by atoms with Crippen LogP contribution in [0.3, 0.4) is 0 Å². The fourth-order valence-electron chi connectivity index (χ4n) is 1.77. The van der Waals surface area contributed by atoms with Gasteiger partial charge >= 0.3 is 6.18 Å². The van der Waals surface area contributed by atoms with Gasteiger partial charge in [-0.15, -0.1) is 0 Å². The second-order valence-electron chi connectivity index (χ2n) is 4.79. The van der Waals surface area contributed by atoms with Crippen LogP contribution in [0, 0.1) is 24.2 Å². The van der Waals surface area contributed by atoms with Crippen LogP contribution >= 0.6 is 0 Å². The molecule has 0 aromatic heterocycles. The summed E-state index contributed by atoms with van der Waals surface area (Å²) >= 11 is 0. The molecule has 4 nitrogen and oxygen atoms in total. The summed E-state index contributed by atoms with van der Waals surface area (Å²) in [5.41, 5.74) is -1.03. The van der Waals surface area contributed by atoms with Crippen molar-refractivity contribution in [2.75, 3.05) is 13.6 Å². The summed E-state index contributed by atoms with van der Waals surface area (Å²) in [4.78, 5) is -0.437. The second-order valence-corrected chi connectivity index (χ2v) is 6.84. The molecule has 1 unspecified atom stereocenters. The molecule has 8 heteroatoms. The summed E-state index contributed by atoms with van der Waals surface area (Å²) in [6.45, 7) is 2.71. The van der Waals surface area contributed by atoms with Crippen molar-refractivity contribution in [2.24, 2.45) is 5.92 Å². The first-order valence-electron chi connectivity index (χ1n) is 6.04. The standard InChI is InChI=1S/C13H15F3N2O2S/c1-9(7-17)8-18(3)21(19,20)11-5-4-10(2)12(6-11)13(14,15)16/h4-6,9H,8H2,1-3H3. The first-order valence-corrected chi connectivity index (χ1v) is 7.48.